The molecule has 6 nitrogen and oxygen atoms in total. The molecule has 0 radical (unpaired) electrons. The first-order valence-corrected chi connectivity index (χ1v) is 9.68. The fourth-order valence-corrected chi connectivity index (χ4v) is 3.08. The van der Waals surface area contributed by atoms with Gasteiger partial charge in [-0.25, -0.2) is 0 Å². The third-order valence-electron chi connectivity index (χ3n) is 4.58. The molecule has 1 aromatic rings. The van der Waals surface area contributed by atoms with E-state index in [9.17, 15) is 9.59 Å². The Bertz CT molecular complexity index is 633. The Kier molecular flexibility index (Phi) is 7.25. The lowest BCUT2D eigenvalue weighted by atomic mass is 10.0. The molecule has 0 bridgehead atoms. The second kappa shape index (κ2) is 9.22. The SMILES string of the molecule is CCN(CC(=O)NC(c1ccc(OC)cc1)C1CC1)CC(=O)NC(C)(C)C. The number of amides is 2. The van der Waals surface area contributed by atoms with E-state index in [4.69, 9.17) is 4.74 Å². The number of likely N-dealkylation sites (N-methyl/N-ethyl adjacent to an activating group) is 1. The van der Waals surface area contributed by atoms with E-state index in [0.717, 1.165) is 24.2 Å². The predicted octanol–water partition coefficient (Wildman–Crippen LogP) is 2.50. The van der Waals surface area contributed by atoms with E-state index < -0.39 is 0 Å². The van der Waals surface area contributed by atoms with E-state index >= 15 is 0 Å². The predicted molar refractivity (Wildman–Crippen MR) is 107 cm³/mol. The summed E-state index contributed by atoms with van der Waals surface area (Å²) in [5.41, 5.74) is 0.824. The third kappa shape index (κ3) is 7.21. The van der Waals surface area contributed by atoms with Crippen LogP contribution in [0.2, 0.25) is 0 Å². The first-order valence-electron chi connectivity index (χ1n) is 9.68. The van der Waals surface area contributed by atoms with Gasteiger partial charge < -0.3 is 15.4 Å². The Morgan fingerprint density at radius 3 is 2.22 bits per heavy atom. The molecular formula is C21H33N3O3. The Balaban J connectivity index is 1.93. The van der Waals surface area contributed by atoms with Crippen molar-refractivity contribution in [2.45, 2.75) is 52.1 Å². The van der Waals surface area contributed by atoms with E-state index in [2.05, 4.69) is 10.6 Å². The topological polar surface area (TPSA) is 70.7 Å². The van der Waals surface area contributed by atoms with Crippen LogP contribution in [0, 0.1) is 5.92 Å². The van der Waals surface area contributed by atoms with Crippen LogP contribution >= 0.6 is 0 Å². The van der Waals surface area contributed by atoms with Crippen LogP contribution in [0.4, 0.5) is 0 Å². The number of carbonyl (C=O) groups excluding carboxylic acids is 2. The zero-order valence-corrected chi connectivity index (χ0v) is 17.2. The van der Waals surface area contributed by atoms with Crippen LogP contribution in [-0.2, 0) is 9.59 Å². The highest BCUT2D eigenvalue weighted by atomic mass is 16.5. The van der Waals surface area contributed by atoms with Gasteiger partial charge in [0.1, 0.15) is 5.75 Å². The van der Waals surface area contributed by atoms with E-state index in [1.807, 2.05) is 56.9 Å². The molecule has 1 fully saturated rings. The van der Waals surface area contributed by atoms with Gasteiger partial charge in [0.2, 0.25) is 11.8 Å². The summed E-state index contributed by atoms with van der Waals surface area (Å²) >= 11 is 0. The molecule has 1 saturated carbocycles. The highest BCUT2D eigenvalue weighted by Gasteiger charge is 2.33. The molecule has 150 valence electrons. The molecule has 0 heterocycles. The third-order valence-corrected chi connectivity index (χ3v) is 4.58. The van der Waals surface area contributed by atoms with Crippen LogP contribution < -0.4 is 15.4 Å². The van der Waals surface area contributed by atoms with E-state index in [-0.39, 0.29) is 36.5 Å². The number of hydrogen-bond acceptors (Lipinski definition) is 4. The lowest BCUT2D eigenvalue weighted by Gasteiger charge is -2.25. The summed E-state index contributed by atoms with van der Waals surface area (Å²) < 4.78 is 5.21. The number of nitrogens with one attached hydrogen (secondary N) is 2. The maximum absolute atomic E-state index is 12.6. The summed E-state index contributed by atoms with van der Waals surface area (Å²) in [5, 5.41) is 6.10. The molecule has 1 aromatic carbocycles. The molecule has 0 saturated heterocycles. The van der Waals surface area contributed by atoms with Gasteiger partial charge in [0.25, 0.3) is 0 Å². The zero-order valence-electron chi connectivity index (χ0n) is 17.2. The fraction of sp³-hybridized carbons (Fsp3) is 0.619. The van der Waals surface area contributed by atoms with Crippen LogP contribution in [0.25, 0.3) is 0 Å². The van der Waals surface area contributed by atoms with Crippen LogP contribution in [0.3, 0.4) is 0 Å². The average Bonchev–Trinajstić information content (AvgIpc) is 3.42. The number of ether oxygens (including phenoxy) is 1. The second-order valence-electron chi connectivity index (χ2n) is 8.26. The van der Waals surface area contributed by atoms with Crippen molar-refractivity contribution in [2.75, 3.05) is 26.7 Å². The van der Waals surface area contributed by atoms with Crippen molar-refractivity contribution in [3.63, 3.8) is 0 Å². The van der Waals surface area contributed by atoms with Gasteiger partial charge >= 0.3 is 0 Å². The van der Waals surface area contributed by atoms with Gasteiger partial charge in [0.15, 0.2) is 0 Å². The van der Waals surface area contributed by atoms with Crippen molar-refractivity contribution in [1.82, 2.24) is 15.5 Å². The molecule has 27 heavy (non-hydrogen) atoms. The minimum absolute atomic E-state index is 0.0190. The minimum Gasteiger partial charge on any atom is -0.497 e. The smallest absolute Gasteiger partial charge is 0.234 e. The minimum atomic E-state index is -0.274. The molecule has 0 aliphatic heterocycles. The standard InChI is InChI=1S/C21H33N3O3/c1-6-24(14-19(26)23-21(2,3)4)13-18(25)22-20(15-7-8-15)16-9-11-17(27-5)12-10-16/h9-12,15,20H,6-8,13-14H2,1-5H3,(H,22,25)(H,23,26). The lowest BCUT2D eigenvalue weighted by Crippen LogP contribution is -2.48. The highest BCUT2D eigenvalue weighted by Crippen LogP contribution is 2.41. The molecule has 2 N–H and O–H groups in total. The summed E-state index contributed by atoms with van der Waals surface area (Å²) in [7, 11) is 1.64. The largest absolute Gasteiger partial charge is 0.497 e. The van der Waals surface area contributed by atoms with E-state index in [1.54, 1.807) is 7.11 Å². The molecule has 0 aromatic heterocycles. The monoisotopic (exact) mass is 375 g/mol. The highest BCUT2D eigenvalue weighted by molar-refractivity contribution is 5.81. The van der Waals surface area contributed by atoms with Gasteiger partial charge in [-0.2, -0.15) is 0 Å². The lowest BCUT2D eigenvalue weighted by molar-refractivity contribution is -0.126. The first-order chi connectivity index (χ1) is 12.7. The van der Waals surface area contributed by atoms with Crippen molar-refractivity contribution in [1.29, 1.82) is 0 Å². The maximum atomic E-state index is 12.6. The number of methoxy groups -OCH3 is 1. The summed E-state index contributed by atoms with van der Waals surface area (Å²) in [5.74, 6) is 1.18. The summed E-state index contributed by atoms with van der Waals surface area (Å²) in [4.78, 5) is 26.6. The molecule has 1 atom stereocenters. The molecule has 2 amide bonds. The summed E-state index contributed by atoms with van der Waals surface area (Å²) in [6.07, 6.45) is 2.25. The Morgan fingerprint density at radius 1 is 1.15 bits per heavy atom. The second-order valence-corrected chi connectivity index (χ2v) is 8.26. The Morgan fingerprint density at radius 2 is 1.74 bits per heavy atom. The molecule has 6 heteroatoms. The quantitative estimate of drug-likeness (QED) is 0.696. The molecule has 0 spiro atoms. The fourth-order valence-electron chi connectivity index (χ4n) is 3.08. The number of benzene rings is 1. The van der Waals surface area contributed by atoms with Crippen molar-refractivity contribution in [3.05, 3.63) is 29.8 Å². The molecular weight excluding hydrogens is 342 g/mol. The van der Waals surface area contributed by atoms with Crippen molar-refractivity contribution >= 4 is 11.8 Å². The van der Waals surface area contributed by atoms with Crippen LogP contribution in [0.1, 0.15) is 52.1 Å². The number of hydrogen-bond donors (Lipinski definition) is 2. The van der Waals surface area contributed by atoms with Crippen molar-refractivity contribution < 1.29 is 14.3 Å². The van der Waals surface area contributed by atoms with Crippen LogP contribution in [-0.4, -0.2) is 49.0 Å². The van der Waals surface area contributed by atoms with Gasteiger partial charge in [-0.05, 0) is 63.8 Å². The van der Waals surface area contributed by atoms with E-state index in [0.29, 0.717) is 12.5 Å². The number of carbonyl (C=O) groups is 2. The van der Waals surface area contributed by atoms with Crippen molar-refractivity contribution in [3.8, 4) is 5.75 Å². The summed E-state index contributed by atoms with van der Waals surface area (Å²) in [6.45, 7) is 8.88. The average molecular weight is 376 g/mol. The van der Waals surface area contributed by atoms with E-state index in [1.165, 1.54) is 0 Å². The first kappa shape index (κ1) is 21.2. The van der Waals surface area contributed by atoms with Gasteiger partial charge in [-0.1, -0.05) is 19.1 Å². The molecule has 1 aliphatic rings. The van der Waals surface area contributed by atoms with Gasteiger partial charge in [-0.15, -0.1) is 0 Å². The zero-order chi connectivity index (χ0) is 20.0. The molecule has 1 aliphatic carbocycles. The molecule has 2 rings (SSSR count). The van der Waals surface area contributed by atoms with Crippen LogP contribution in [0.5, 0.6) is 5.75 Å². The summed E-state index contributed by atoms with van der Waals surface area (Å²) in [6, 6.07) is 7.89. The van der Waals surface area contributed by atoms with Crippen molar-refractivity contribution in [2.24, 2.45) is 5.92 Å². The van der Waals surface area contributed by atoms with Gasteiger partial charge in [0.05, 0.1) is 26.2 Å². The normalized spacial score (nSPS) is 15.3. The Labute approximate surface area is 162 Å². The Hall–Kier alpha value is -2.08. The number of rotatable bonds is 9. The van der Waals surface area contributed by atoms with Crippen LogP contribution in [0.15, 0.2) is 24.3 Å². The maximum Gasteiger partial charge on any atom is 0.234 e. The molecule has 1 unspecified atom stereocenters. The van der Waals surface area contributed by atoms with Gasteiger partial charge in [-0.3, -0.25) is 14.5 Å². The van der Waals surface area contributed by atoms with Gasteiger partial charge in [0, 0.05) is 5.54 Å². The number of nitrogens with zero attached hydrogens (tertiary/aromatic N) is 1.